The van der Waals surface area contributed by atoms with E-state index in [0.717, 1.165) is 18.8 Å². The molecule has 2 unspecified atom stereocenters. The Kier molecular flexibility index (Phi) is 4.33. The van der Waals surface area contributed by atoms with Crippen LogP contribution in [0.4, 0.5) is 0 Å². The number of thioether (sulfide) groups is 1. The summed E-state index contributed by atoms with van der Waals surface area (Å²) in [4.78, 5) is 4.37. The maximum Gasteiger partial charge on any atom is 0.138 e. The molecule has 2 N–H and O–H groups in total. The van der Waals surface area contributed by atoms with Crippen molar-refractivity contribution in [2.75, 3.05) is 5.75 Å². The standard InChI is InChI=1S/C13H24N4S/c1-10(2)8-17-12(15-9-16-17)7-11(14)13(3)5-4-6-18-13/h9-11H,4-8,14H2,1-3H3. The predicted molar refractivity (Wildman–Crippen MR) is 76.6 cm³/mol. The van der Waals surface area contributed by atoms with Gasteiger partial charge >= 0.3 is 0 Å². The molecule has 0 radical (unpaired) electrons. The predicted octanol–water partition coefficient (Wildman–Crippen LogP) is 2.09. The molecule has 0 bridgehead atoms. The molecule has 4 nitrogen and oxygen atoms in total. The van der Waals surface area contributed by atoms with E-state index >= 15 is 0 Å². The van der Waals surface area contributed by atoms with Crippen LogP contribution in [0.1, 0.15) is 39.4 Å². The highest BCUT2D eigenvalue weighted by atomic mass is 32.2. The Morgan fingerprint density at radius 1 is 1.56 bits per heavy atom. The SMILES string of the molecule is CC(C)Cn1ncnc1CC(N)C1(C)CCCS1. The molecule has 1 aromatic rings. The second kappa shape index (κ2) is 5.61. The summed E-state index contributed by atoms with van der Waals surface area (Å²) in [5, 5.41) is 4.30. The molecular formula is C13H24N4S. The fourth-order valence-corrected chi connectivity index (χ4v) is 3.79. The summed E-state index contributed by atoms with van der Waals surface area (Å²) in [7, 11) is 0. The third kappa shape index (κ3) is 3.06. The van der Waals surface area contributed by atoms with Crippen molar-refractivity contribution in [1.29, 1.82) is 0 Å². The van der Waals surface area contributed by atoms with Crippen LogP contribution in [0.5, 0.6) is 0 Å². The van der Waals surface area contributed by atoms with Crippen LogP contribution in [-0.4, -0.2) is 31.3 Å². The fraction of sp³-hybridized carbons (Fsp3) is 0.846. The van der Waals surface area contributed by atoms with Gasteiger partial charge < -0.3 is 5.73 Å². The van der Waals surface area contributed by atoms with Crippen LogP contribution in [-0.2, 0) is 13.0 Å². The zero-order valence-corrected chi connectivity index (χ0v) is 12.4. The van der Waals surface area contributed by atoms with Crippen molar-refractivity contribution in [1.82, 2.24) is 14.8 Å². The van der Waals surface area contributed by atoms with Gasteiger partial charge in [0.25, 0.3) is 0 Å². The highest BCUT2D eigenvalue weighted by Gasteiger charge is 2.36. The van der Waals surface area contributed by atoms with Gasteiger partial charge in [-0.1, -0.05) is 13.8 Å². The van der Waals surface area contributed by atoms with E-state index in [-0.39, 0.29) is 10.8 Å². The quantitative estimate of drug-likeness (QED) is 0.888. The van der Waals surface area contributed by atoms with Crippen molar-refractivity contribution >= 4 is 11.8 Å². The molecule has 2 heterocycles. The summed E-state index contributed by atoms with van der Waals surface area (Å²) in [6.45, 7) is 7.60. The van der Waals surface area contributed by atoms with E-state index in [1.807, 2.05) is 16.4 Å². The average Bonchev–Trinajstić information content (AvgIpc) is 2.89. The van der Waals surface area contributed by atoms with Gasteiger partial charge in [0.05, 0.1) is 0 Å². The molecule has 5 heteroatoms. The van der Waals surface area contributed by atoms with Crippen LogP contribution in [0.2, 0.25) is 0 Å². The minimum atomic E-state index is 0.167. The minimum absolute atomic E-state index is 0.167. The normalized spacial score (nSPS) is 25.8. The molecule has 1 aliphatic heterocycles. The van der Waals surface area contributed by atoms with E-state index in [1.165, 1.54) is 18.6 Å². The maximum absolute atomic E-state index is 6.40. The lowest BCUT2D eigenvalue weighted by molar-refractivity contribution is 0.432. The Hall–Kier alpha value is -0.550. The molecule has 0 aromatic carbocycles. The van der Waals surface area contributed by atoms with Gasteiger partial charge in [-0.25, -0.2) is 9.67 Å². The van der Waals surface area contributed by atoms with Crippen LogP contribution in [0, 0.1) is 5.92 Å². The maximum atomic E-state index is 6.40. The zero-order valence-electron chi connectivity index (χ0n) is 11.6. The smallest absolute Gasteiger partial charge is 0.138 e. The number of nitrogens with two attached hydrogens (primary N) is 1. The molecule has 0 spiro atoms. The van der Waals surface area contributed by atoms with Crippen molar-refractivity contribution in [3.05, 3.63) is 12.2 Å². The molecular weight excluding hydrogens is 244 g/mol. The summed E-state index contributed by atoms with van der Waals surface area (Å²) in [5.74, 6) is 2.85. The zero-order chi connectivity index (χ0) is 13.2. The second-order valence-electron chi connectivity index (χ2n) is 5.83. The molecule has 1 fully saturated rings. The van der Waals surface area contributed by atoms with Gasteiger partial charge in [0.1, 0.15) is 12.2 Å². The Morgan fingerprint density at radius 2 is 2.33 bits per heavy atom. The van der Waals surface area contributed by atoms with Gasteiger partial charge in [-0.2, -0.15) is 16.9 Å². The first-order chi connectivity index (χ1) is 8.51. The molecule has 1 aliphatic rings. The van der Waals surface area contributed by atoms with Gasteiger partial charge in [0.15, 0.2) is 0 Å². The molecule has 1 saturated heterocycles. The number of aromatic nitrogens is 3. The van der Waals surface area contributed by atoms with E-state index < -0.39 is 0 Å². The first-order valence-corrected chi connectivity index (χ1v) is 7.76. The van der Waals surface area contributed by atoms with Crippen LogP contribution >= 0.6 is 11.8 Å². The molecule has 2 atom stereocenters. The number of rotatable bonds is 5. The van der Waals surface area contributed by atoms with Crippen molar-refractivity contribution in [2.24, 2.45) is 11.7 Å². The van der Waals surface area contributed by atoms with Gasteiger partial charge in [0, 0.05) is 23.8 Å². The number of nitrogens with zero attached hydrogens (tertiary/aromatic N) is 3. The topological polar surface area (TPSA) is 56.7 Å². The summed E-state index contributed by atoms with van der Waals surface area (Å²) >= 11 is 2.01. The van der Waals surface area contributed by atoms with Crippen molar-refractivity contribution < 1.29 is 0 Å². The van der Waals surface area contributed by atoms with Crippen LogP contribution in [0.15, 0.2) is 6.33 Å². The average molecular weight is 268 g/mol. The lowest BCUT2D eigenvalue weighted by atomic mass is 9.94. The number of hydrogen-bond acceptors (Lipinski definition) is 4. The first-order valence-electron chi connectivity index (χ1n) is 6.77. The highest BCUT2D eigenvalue weighted by Crippen LogP contribution is 2.40. The third-order valence-electron chi connectivity index (χ3n) is 3.67. The van der Waals surface area contributed by atoms with Crippen molar-refractivity contribution in [3.63, 3.8) is 0 Å². The molecule has 102 valence electrons. The van der Waals surface area contributed by atoms with Crippen LogP contribution < -0.4 is 5.73 Å². The summed E-state index contributed by atoms with van der Waals surface area (Å²) in [6.07, 6.45) is 4.98. The lowest BCUT2D eigenvalue weighted by Crippen LogP contribution is -2.43. The summed E-state index contributed by atoms with van der Waals surface area (Å²) in [5.41, 5.74) is 6.40. The summed E-state index contributed by atoms with van der Waals surface area (Å²) < 4.78 is 2.22. The van der Waals surface area contributed by atoms with Crippen LogP contribution in [0.3, 0.4) is 0 Å². The minimum Gasteiger partial charge on any atom is -0.326 e. The lowest BCUT2D eigenvalue weighted by Gasteiger charge is -2.30. The number of hydrogen-bond donors (Lipinski definition) is 1. The Morgan fingerprint density at radius 3 is 2.94 bits per heavy atom. The molecule has 0 saturated carbocycles. The first kappa shape index (κ1) is 13.9. The van der Waals surface area contributed by atoms with E-state index in [0.29, 0.717) is 5.92 Å². The highest BCUT2D eigenvalue weighted by molar-refractivity contribution is 8.00. The second-order valence-corrected chi connectivity index (χ2v) is 7.46. The molecule has 0 amide bonds. The van der Waals surface area contributed by atoms with Crippen LogP contribution in [0.25, 0.3) is 0 Å². The van der Waals surface area contributed by atoms with Crippen molar-refractivity contribution in [3.8, 4) is 0 Å². The van der Waals surface area contributed by atoms with E-state index in [1.54, 1.807) is 6.33 Å². The van der Waals surface area contributed by atoms with E-state index in [4.69, 9.17) is 5.73 Å². The molecule has 2 rings (SSSR count). The monoisotopic (exact) mass is 268 g/mol. The van der Waals surface area contributed by atoms with Gasteiger partial charge in [-0.05, 0) is 31.4 Å². The summed E-state index contributed by atoms with van der Waals surface area (Å²) in [6, 6.07) is 0.167. The molecule has 1 aromatic heterocycles. The molecule has 0 aliphatic carbocycles. The van der Waals surface area contributed by atoms with E-state index in [9.17, 15) is 0 Å². The molecule has 18 heavy (non-hydrogen) atoms. The van der Waals surface area contributed by atoms with Gasteiger partial charge in [-0.15, -0.1) is 0 Å². The van der Waals surface area contributed by atoms with Crippen molar-refractivity contribution in [2.45, 2.75) is 57.4 Å². The van der Waals surface area contributed by atoms with Gasteiger partial charge in [-0.3, -0.25) is 0 Å². The third-order valence-corrected chi connectivity index (χ3v) is 5.33. The Bertz CT molecular complexity index is 382. The van der Waals surface area contributed by atoms with Gasteiger partial charge in [0.2, 0.25) is 0 Å². The van der Waals surface area contributed by atoms with E-state index in [2.05, 4.69) is 30.9 Å². The Labute approximate surface area is 114 Å². The Balaban J connectivity index is 2.02. The largest absolute Gasteiger partial charge is 0.326 e. The fourth-order valence-electron chi connectivity index (χ4n) is 2.45.